The van der Waals surface area contributed by atoms with Crippen molar-refractivity contribution in [2.45, 2.75) is 17.7 Å². The number of benzene rings is 2. The van der Waals surface area contributed by atoms with Gasteiger partial charge in [0.2, 0.25) is 10.0 Å². The quantitative estimate of drug-likeness (QED) is 0.552. The Morgan fingerprint density at radius 3 is 2.36 bits per heavy atom. The fourth-order valence-electron chi connectivity index (χ4n) is 2.56. The maximum Gasteiger partial charge on any atom is 0.344 e. The lowest BCUT2D eigenvalue weighted by atomic mass is 10.2. The van der Waals surface area contributed by atoms with Crippen LogP contribution in [0.4, 0.5) is 4.39 Å². The normalized spacial score (nSPS) is 15.3. The molecule has 1 saturated heterocycles. The lowest BCUT2D eigenvalue weighted by Gasteiger charge is -2.16. The minimum absolute atomic E-state index is 0.0451. The number of hydrogen-bond donors (Lipinski definition) is 0. The molecule has 2 aromatic carbocycles. The first kappa shape index (κ1) is 18.0. The largest absolute Gasteiger partial charge is 0.423 e. The van der Waals surface area contributed by atoms with Crippen LogP contribution in [-0.2, 0) is 10.0 Å². The number of carbonyl (C=O) groups excluding carboxylic acids is 1. The van der Waals surface area contributed by atoms with E-state index in [0.29, 0.717) is 17.6 Å². The van der Waals surface area contributed by atoms with Gasteiger partial charge in [-0.15, -0.1) is 0 Å². The average Bonchev–Trinajstić information content (AvgIpc) is 3.12. The molecule has 3 rings (SSSR count). The van der Waals surface area contributed by atoms with Crippen molar-refractivity contribution in [3.05, 3.63) is 58.3 Å². The first-order valence-corrected chi connectivity index (χ1v) is 9.89. The topological polar surface area (TPSA) is 63.7 Å². The molecule has 1 heterocycles. The Morgan fingerprint density at radius 2 is 1.72 bits per heavy atom. The van der Waals surface area contributed by atoms with Gasteiger partial charge in [0.15, 0.2) is 0 Å². The Labute approximate surface area is 153 Å². The number of esters is 1. The number of nitrogens with zero attached hydrogens (tertiary/aromatic N) is 1. The third-order valence-corrected chi connectivity index (χ3v) is 6.47. The number of ether oxygens (including phenoxy) is 1. The first-order valence-electron chi connectivity index (χ1n) is 7.65. The minimum atomic E-state index is -3.63. The Morgan fingerprint density at radius 1 is 1.08 bits per heavy atom. The molecule has 0 spiro atoms. The van der Waals surface area contributed by atoms with Gasteiger partial charge in [0.05, 0.1) is 10.5 Å². The third-order valence-electron chi connectivity index (χ3n) is 3.88. The Kier molecular flexibility index (Phi) is 5.21. The molecule has 1 aliphatic rings. The van der Waals surface area contributed by atoms with Gasteiger partial charge < -0.3 is 4.74 Å². The van der Waals surface area contributed by atoms with E-state index in [9.17, 15) is 17.6 Å². The van der Waals surface area contributed by atoms with E-state index in [4.69, 9.17) is 4.74 Å². The summed E-state index contributed by atoms with van der Waals surface area (Å²) in [6.45, 7) is 0.960. The summed E-state index contributed by atoms with van der Waals surface area (Å²) in [7, 11) is -3.63. The SMILES string of the molecule is O=C(Oc1ccc(F)cc1)c1cc(S(=O)(=O)N2CCCC2)ccc1Br. The molecule has 8 heteroatoms. The molecule has 132 valence electrons. The summed E-state index contributed by atoms with van der Waals surface area (Å²) in [5, 5.41) is 0. The Balaban J connectivity index is 1.88. The molecule has 0 atom stereocenters. The smallest absolute Gasteiger partial charge is 0.344 e. The molecular formula is C17H15BrFNO4S. The van der Waals surface area contributed by atoms with E-state index in [0.717, 1.165) is 12.8 Å². The molecule has 0 aromatic heterocycles. The molecule has 1 aliphatic heterocycles. The number of sulfonamides is 1. The Hall–Kier alpha value is -1.77. The summed E-state index contributed by atoms with van der Waals surface area (Å²) in [6, 6.07) is 9.25. The van der Waals surface area contributed by atoms with E-state index in [-0.39, 0.29) is 16.2 Å². The highest BCUT2D eigenvalue weighted by molar-refractivity contribution is 9.10. The zero-order valence-electron chi connectivity index (χ0n) is 13.1. The maximum atomic E-state index is 12.9. The second-order valence-electron chi connectivity index (χ2n) is 5.60. The van der Waals surface area contributed by atoms with Crippen LogP contribution in [0, 0.1) is 5.82 Å². The minimum Gasteiger partial charge on any atom is -0.423 e. The van der Waals surface area contributed by atoms with Crippen molar-refractivity contribution in [3.63, 3.8) is 0 Å². The van der Waals surface area contributed by atoms with Crippen LogP contribution in [0.5, 0.6) is 5.75 Å². The standard InChI is InChI=1S/C17H15BrFNO4S/c18-16-8-7-14(25(22,23)20-9-1-2-10-20)11-15(16)17(21)24-13-5-3-12(19)4-6-13/h3-8,11H,1-2,9-10H2. The molecule has 0 saturated carbocycles. The molecule has 0 N–H and O–H groups in total. The van der Waals surface area contributed by atoms with Crippen molar-refractivity contribution in [1.82, 2.24) is 4.31 Å². The summed E-state index contributed by atoms with van der Waals surface area (Å²) < 4.78 is 45.2. The van der Waals surface area contributed by atoms with Crippen molar-refractivity contribution in [2.24, 2.45) is 0 Å². The van der Waals surface area contributed by atoms with Crippen LogP contribution in [-0.4, -0.2) is 31.8 Å². The number of halogens is 2. The number of carbonyl (C=O) groups is 1. The van der Waals surface area contributed by atoms with Crippen LogP contribution in [0.3, 0.4) is 0 Å². The van der Waals surface area contributed by atoms with Crippen LogP contribution in [0.15, 0.2) is 51.8 Å². The molecule has 25 heavy (non-hydrogen) atoms. The molecule has 0 radical (unpaired) electrons. The lowest BCUT2D eigenvalue weighted by molar-refractivity contribution is 0.0733. The van der Waals surface area contributed by atoms with Crippen LogP contribution in [0.25, 0.3) is 0 Å². The van der Waals surface area contributed by atoms with Gasteiger partial charge in [-0.2, -0.15) is 4.31 Å². The summed E-state index contributed by atoms with van der Waals surface area (Å²) in [5.41, 5.74) is 0.0876. The highest BCUT2D eigenvalue weighted by Crippen LogP contribution is 2.26. The average molecular weight is 428 g/mol. The second kappa shape index (κ2) is 7.23. The Bertz CT molecular complexity index is 893. The van der Waals surface area contributed by atoms with Gasteiger partial charge in [0.25, 0.3) is 0 Å². The van der Waals surface area contributed by atoms with E-state index < -0.39 is 21.8 Å². The van der Waals surface area contributed by atoms with Crippen molar-refractivity contribution >= 4 is 31.9 Å². The fraction of sp³-hybridized carbons (Fsp3) is 0.235. The van der Waals surface area contributed by atoms with Crippen molar-refractivity contribution < 1.29 is 22.3 Å². The lowest BCUT2D eigenvalue weighted by Crippen LogP contribution is -2.28. The molecule has 5 nitrogen and oxygen atoms in total. The van der Waals surface area contributed by atoms with E-state index >= 15 is 0 Å². The molecule has 2 aromatic rings. The third kappa shape index (κ3) is 3.91. The van der Waals surface area contributed by atoms with Gasteiger partial charge in [0.1, 0.15) is 11.6 Å². The predicted octanol–water partition coefficient (Wildman–Crippen LogP) is 3.59. The van der Waals surface area contributed by atoms with Crippen LogP contribution in [0.2, 0.25) is 0 Å². The monoisotopic (exact) mass is 427 g/mol. The molecule has 0 bridgehead atoms. The van der Waals surface area contributed by atoms with Crippen molar-refractivity contribution in [2.75, 3.05) is 13.1 Å². The summed E-state index contributed by atoms with van der Waals surface area (Å²) in [4.78, 5) is 12.4. The molecule has 1 fully saturated rings. The zero-order valence-corrected chi connectivity index (χ0v) is 15.5. The second-order valence-corrected chi connectivity index (χ2v) is 8.39. The highest BCUT2D eigenvalue weighted by Gasteiger charge is 2.28. The molecule has 0 unspecified atom stereocenters. The molecule has 0 aliphatic carbocycles. The fourth-order valence-corrected chi connectivity index (χ4v) is 4.52. The van der Waals surface area contributed by atoms with E-state index in [2.05, 4.69) is 15.9 Å². The van der Waals surface area contributed by atoms with Crippen LogP contribution >= 0.6 is 15.9 Å². The van der Waals surface area contributed by atoms with E-state index in [1.165, 1.54) is 46.8 Å². The number of rotatable bonds is 4. The van der Waals surface area contributed by atoms with Crippen molar-refractivity contribution in [1.29, 1.82) is 0 Å². The van der Waals surface area contributed by atoms with Gasteiger partial charge >= 0.3 is 5.97 Å². The van der Waals surface area contributed by atoms with Crippen LogP contribution in [0.1, 0.15) is 23.2 Å². The van der Waals surface area contributed by atoms with Gasteiger partial charge in [-0.1, -0.05) is 0 Å². The van der Waals surface area contributed by atoms with Gasteiger partial charge in [0, 0.05) is 17.6 Å². The van der Waals surface area contributed by atoms with Gasteiger partial charge in [-0.3, -0.25) is 0 Å². The molecular weight excluding hydrogens is 413 g/mol. The summed E-state index contributed by atoms with van der Waals surface area (Å²) in [6.07, 6.45) is 1.66. The first-order chi connectivity index (χ1) is 11.9. The van der Waals surface area contributed by atoms with Gasteiger partial charge in [-0.05, 0) is 71.2 Å². The number of hydrogen-bond acceptors (Lipinski definition) is 4. The van der Waals surface area contributed by atoms with Gasteiger partial charge in [-0.25, -0.2) is 17.6 Å². The molecule has 0 amide bonds. The predicted molar refractivity (Wildman–Crippen MR) is 93.5 cm³/mol. The van der Waals surface area contributed by atoms with Crippen molar-refractivity contribution in [3.8, 4) is 5.75 Å². The van der Waals surface area contributed by atoms with Crippen LogP contribution < -0.4 is 4.74 Å². The maximum absolute atomic E-state index is 12.9. The highest BCUT2D eigenvalue weighted by atomic mass is 79.9. The van der Waals surface area contributed by atoms with E-state index in [1.807, 2.05) is 0 Å². The van der Waals surface area contributed by atoms with E-state index in [1.54, 1.807) is 0 Å². The summed E-state index contributed by atoms with van der Waals surface area (Å²) in [5.74, 6) is -0.997. The zero-order chi connectivity index (χ0) is 18.0. The summed E-state index contributed by atoms with van der Waals surface area (Å²) >= 11 is 3.24.